The minimum atomic E-state index is -0.0299. The average molecular weight is 370 g/mol. The van der Waals surface area contributed by atoms with Gasteiger partial charge in [-0.25, -0.2) is 0 Å². The van der Waals surface area contributed by atoms with Gasteiger partial charge in [-0.05, 0) is 37.6 Å². The summed E-state index contributed by atoms with van der Waals surface area (Å²) in [7, 11) is 0. The number of carbonyl (C=O) groups is 1. The topological polar surface area (TPSA) is 68.0 Å². The second-order valence-corrected chi connectivity index (χ2v) is 6.39. The summed E-state index contributed by atoms with van der Waals surface area (Å²) in [6.07, 6.45) is 0.907. The molecule has 1 aromatic heterocycles. The van der Waals surface area contributed by atoms with Gasteiger partial charge in [0.1, 0.15) is 0 Å². The van der Waals surface area contributed by atoms with Crippen molar-refractivity contribution in [3.63, 3.8) is 0 Å². The van der Waals surface area contributed by atoms with Gasteiger partial charge in [0, 0.05) is 16.1 Å². The maximum absolute atomic E-state index is 11.7. The third-order valence-corrected chi connectivity index (χ3v) is 4.19. The van der Waals surface area contributed by atoms with Crippen molar-refractivity contribution in [3.05, 3.63) is 28.7 Å². The van der Waals surface area contributed by atoms with Crippen LogP contribution in [0.3, 0.4) is 0 Å². The van der Waals surface area contributed by atoms with Gasteiger partial charge in [0.05, 0.1) is 5.75 Å². The van der Waals surface area contributed by atoms with E-state index in [2.05, 4.69) is 31.4 Å². The highest BCUT2D eigenvalue weighted by Gasteiger charge is 2.12. The second kappa shape index (κ2) is 7.61. The van der Waals surface area contributed by atoms with Gasteiger partial charge in [0.25, 0.3) is 5.22 Å². The van der Waals surface area contributed by atoms with Crippen molar-refractivity contribution in [2.45, 2.75) is 31.5 Å². The Morgan fingerprint density at radius 3 is 2.76 bits per heavy atom. The van der Waals surface area contributed by atoms with E-state index in [-0.39, 0.29) is 17.7 Å². The van der Waals surface area contributed by atoms with Crippen molar-refractivity contribution in [2.24, 2.45) is 0 Å². The third-order valence-electron chi connectivity index (χ3n) is 2.84. The van der Waals surface area contributed by atoms with Gasteiger partial charge in [-0.3, -0.25) is 4.79 Å². The molecule has 2 rings (SSSR count). The molecule has 1 unspecified atom stereocenters. The molecule has 1 amide bonds. The molecule has 0 bridgehead atoms. The first-order valence-corrected chi connectivity index (χ1v) is 8.38. The van der Waals surface area contributed by atoms with E-state index >= 15 is 0 Å². The molecule has 5 nitrogen and oxygen atoms in total. The van der Waals surface area contributed by atoms with Gasteiger partial charge in [0.15, 0.2) is 0 Å². The number of rotatable bonds is 6. The molecule has 1 atom stereocenters. The van der Waals surface area contributed by atoms with Crippen LogP contribution in [0.2, 0.25) is 0 Å². The van der Waals surface area contributed by atoms with Crippen molar-refractivity contribution < 1.29 is 9.21 Å². The van der Waals surface area contributed by atoms with Crippen LogP contribution in [0.1, 0.15) is 20.3 Å². The molecule has 0 spiro atoms. The van der Waals surface area contributed by atoms with Gasteiger partial charge in [-0.2, -0.15) is 0 Å². The molecule has 0 aliphatic heterocycles. The number of hydrogen-bond donors (Lipinski definition) is 1. The third kappa shape index (κ3) is 4.86. The lowest BCUT2D eigenvalue weighted by Crippen LogP contribution is -2.33. The highest BCUT2D eigenvalue weighted by atomic mass is 79.9. The monoisotopic (exact) mass is 369 g/mol. The van der Waals surface area contributed by atoms with Gasteiger partial charge >= 0.3 is 0 Å². The Morgan fingerprint density at radius 2 is 2.10 bits per heavy atom. The number of halogens is 1. The maximum atomic E-state index is 11.7. The standard InChI is InChI=1S/C14H16BrN3O2S/c1-3-9(2)16-12(19)8-21-14-18-17-13(20-14)10-4-6-11(15)7-5-10/h4-7,9H,3,8H2,1-2H3,(H,16,19). The minimum Gasteiger partial charge on any atom is -0.411 e. The zero-order valence-corrected chi connectivity index (χ0v) is 14.2. The Hall–Kier alpha value is -1.34. The van der Waals surface area contributed by atoms with Crippen LogP contribution >= 0.6 is 27.7 Å². The predicted octanol–water partition coefficient (Wildman–Crippen LogP) is 3.51. The molecule has 0 saturated carbocycles. The Bertz CT molecular complexity index is 601. The SMILES string of the molecule is CCC(C)NC(=O)CSc1nnc(-c2ccc(Br)cc2)o1. The van der Waals surface area contributed by atoms with Crippen molar-refractivity contribution in [1.29, 1.82) is 0 Å². The van der Waals surface area contributed by atoms with Crippen molar-refractivity contribution in [1.82, 2.24) is 15.5 Å². The fourth-order valence-corrected chi connectivity index (χ4v) is 2.36. The van der Waals surface area contributed by atoms with Crippen LogP contribution in [-0.2, 0) is 4.79 Å². The van der Waals surface area contributed by atoms with Crippen molar-refractivity contribution >= 4 is 33.6 Å². The number of benzene rings is 1. The highest BCUT2D eigenvalue weighted by molar-refractivity contribution is 9.10. The number of nitrogens with zero attached hydrogens (tertiary/aromatic N) is 2. The molecular formula is C14H16BrN3O2S. The first kappa shape index (κ1) is 16.0. The molecule has 1 N–H and O–H groups in total. The van der Waals surface area contributed by atoms with E-state index in [1.807, 2.05) is 38.1 Å². The lowest BCUT2D eigenvalue weighted by molar-refractivity contribution is -0.119. The molecule has 2 aromatic rings. The molecule has 0 aliphatic carbocycles. The Labute approximate surface area is 136 Å². The first-order chi connectivity index (χ1) is 10.1. The average Bonchev–Trinajstić information content (AvgIpc) is 2.94. The highest BCUT2D eigenvalue weighted by Crippen LogP contribution is 2.24. The summed E-state index contributed by atoms with van der Waals surface area (Å²) in [6.45, 7) is 4.00. The van der Waals surface area contributed by atoms with E-state index in [9.17, 15) is 4.79 Å². The summed E-state index contributed by atoms with van der Waals surface area (Å²) >= 11 is 4.61. The largest absolute Gasteiger partial charge is 0.411 e. The van der Waals surface area contributed by atoms with E-state index in [1.54, 1.807) is 0 Å². The van der Waals surface area contributed by atoms with E-state index in [0.717, 1.165) is 16.5 Å². The lowest BCUT2D eigenvalue weighted by Gasteiger charge is -2.09. The number of thioether (sulfide) groups is 1. The summed E-state index contributed by atoms with van der Waals surface area (Å²) in [5.74, 6) is 0.692. The summed E-state index contributed by atoms with van der Waals surface area (Å²) < 4.78 is 6.52. The Kier molecular flexibility index (Phi) is 5.81. The zero-order chi connectivity index (χ0) is 15.2. The minimum absolute atomic E-state index is 0.0299. The predicted molar refractivity (Wildman–Crippen MR) is 86.1 cm³/mol. The van der Waals surface area contributed by atoms with Gasteiger partial charge < -0.3 is 9.73 Å². The second-order valence-electron chi connectivity index (χ2n) is 4.55. The Balaban J connectivity index is 1.91. The summed E-state index contributed by atoms with van der Waals surface area (Å²) in [5.41, 5.74) is 0.849. The normalized spacial score (nSPS) is 12.1. The van der Waals surface area contributed by atoms with E-state index in [1.165, 1.54) is 11.8 Å². The van der Waals surface area contributed by atoms with Gasteiger partial charge in [0.2, 0.25) is 11.8 Å². The zero-order valence-electron chi connectivity index (χ0n) is 11.8. The number of hydrogen-bond acceptors (Lipinski definition) is 5. The molecule has 0 fully saturated rings. The van der Waals surface area contributed by atoms with Crippen LogP contribution in [0.4, 0.5) is 0 Å². The maximum Gasteiger partial charge on any atom is 0.277 e. The van der Waals surface area contributed by atoms with Crippen LogP contribution in [0.15, 0.2) is 38.4 Å². The summed E-state index contributed by atoms with van der Waals surface area (Å²) in [6, 6.07) is 7.78. The molecule has 21 heavy (non-hydrogen) atoms. The number of amides is 1. The molecule has 0 saturated heterocycles. The van der Waals surface area contributed by atoms with E-state index in [4.69, 9.17) is 4.42 Å². The molecule has 0 radical (unpaired) electrons. The summed E-state index contributed by atoms with van der Waals surface area (Å²) in [5, 5.41) is 11.2. The molecule has 7 heteroatoms. The van der Waals surface area contributed by atoms with Crippen LogP contribution in [0, 0.1) is 0 Å². The van der Waals surface area contributed by atoms with Crippen molar-refractivity contribution in [3.8, 4) is 11.5 Å². The lowest BCUT2D eigenvalue weighted by atomic mass is 10.2. The molecule has 1 aromatic carbocycles. The van der Waals surface area contributed by atoms with E-state index in [0.29, 0.717) is 11.1 Å². The van der Waals surface area contributed by atoms with Crippen LogP contribution in [-0.4, -0.2) is 27.9 Å². The summed E-state index contributed by atoms with van der Waals surface area (Å²) in [4.78, 5) is 11.7. The quantitative estimate of drug-likeness (QED) is 0.789. The smallest absolute Gasteiger partial charge is 0.277 e. The van der Waals surface area contributed by atoms with Crippen LogP contribution < -0.4 is 5.32 Å². The number of carbonyl (C=O) groups excluding carboxylic acids is 1. The fraction of sp³-hybridized carbons (Fsp3) is 0.357. The van der Waals surface area contributed by atoms with Gasteiger partial charge in [-0.1, -0.05) is 34.6 Å². The molecule has 1 heterocycles. The molecule has 112 valence electrons. The Morgan fingerprint density at radius 1 is 1.38 bits per heavy atom. The molecular weight excluding hydrogens is 354 g/mol. The number of aromatic nitrogens is 2. The first-order valence-electron chi connectivity index (χ1n) is 6.60. The van der Waals surface area contributed by atoms with Crippen LogP contribution in [0.25, 0.3) is 11.5 Å². The number of nitrogens with one attached hydrogen (secondary N) is 1. The van der Waals surface area contributed by atoms with Gasteiger partial charge in [-0.15, -0.1) is 10.2 Å². The molecule has 0 aliphatic rings. The van der Waals surface area contributed by atoms with Crippen LogP contribution in [0.5, 0.6) is 0 Å². The van der Waals surface area contributed by atoms with E-state index < -0.39 is 0 Å². The fourth-order valence-electron chi connectivity index (χ4n) is 1.52. The van der Waals surface area contributed by atoms with Crippen molar-refractivity contribution in [2.75, 3.05) is 5.75 Å².